The van der Waals surface area contributed by atoms with E-state index in [1.807, 2.05) is 0 Å². The lowest BCUT2D eigenvalue weighted by Crippen LogP contribution is -2.00. The average Bonchev–Trinajstić information content (AvgIpc) is 2.19. The number of hydrogen-bond donors (Lipinski definition) is 1. The van der Waals surface area contributed by atoms with Gasteiger partial charge in [-0.05, 0) is 0 Å². The minimum Gasteiger partial charge on any atom is -0.277 e. The van der Waals surface area contributed by atoms with Crippen LogP contribution in [0.15, 0.2) is 29.4 Å². The van der Waals surface area contributed by atoms with E-state index in [2.05, 4.69) is 10.5 Å². The number of hydrogen-bond acceptors (Lipinski definition) is 4. The second kappa shape index (κ2) is 4.70. The smallest absolute Gasteiger partial charge is 0.270 e. The van der Waals surface area contributed by atoms with Crippen LogP contribution in [0.25, 0.3) is 0 Å². The number of carbonyl (C=O) groups excluding carboxylic acids is 1. The zero-order chi connectivity index (χ0) is 10.4. The van der Waals surface area contributed by atoms with Crippen LogP contribution < -0.4 is 5.43 Å². The van der Waals surface area contributed by atoms with E-state index >= 15 is 0 Å². The lowest BCUT2D eigenvalue weighted by molar-refractivity contribution is -0.384. The molecule has 72 valence electrons. The van der Waals surface area contributed by atoms with Crippen molar-refractivity contribution < 1.29 is 9.72 Å². The number of nitro groups is 1. The summed E-state index contributed by atoms with van der Waals surface area (Å²) in [5.41, 5.74) is 2.60. The molecule has 6 heteroatoms. The molecule has 14 heavy (non-hydrogen) atoms. The molecule has 1 aromatic carbocycles. The molecule has 0 heterocycles. The highest BCUT2D eigenvalue weighted by Gasteiger charge is 2.03. The van der Waals surface area contributed by atoms with Gasteiger partial charge in [-0.25, -0.2) is 5.43 Å². The van der Waals surface area contributed by atoms with Crippen molar-refractivity contribution in [1.82, 2.24) is 5.43 Å². The summed E-state index contributed by atoms with van der Waals surface area (Å²) in [4.78, 5) is 19.7. The van der Waals surface area contributed by atoms with Crippen molar-refractivity contribution in [3.05, 3.63) is 39.9 Å². The van der Waals surface area contributed by atoms with Crippen LogP contribution in [0.1, 0.15) is 5.56 Å². The molecule has 0 aliphatic heterocycles. The summed E-state index contributed by atoms with van der Waals surface area (Å²) >= 11 is 0. The fraction of sp³-hybridized carbons (Fsp3) is 0. The van der Waals surface area contributed by atoms with Crippen LogP contribution >= 0.6 is 0 Å². The van der Waals surface area contributed by atoms with Crippen molar-refractivity contribution in [2.75, 3.05) is 0 Å². The Morgan fingerprint density at radius 3 is 2.93 bits per heavy atom. The molecule has 0 aliphatic rings. The second-order valence-corrected chi connectivity index (χ2v) is 2.36. The van der Waals surface area contributed by atoms with Gasteiger partial charge in [-0.15, -0.1) is 0 Å². The molecular weight excluding hydrogens is 186 g/mol. The SMILES string of the molecule is O=CN/N=C\c1cccc([N+](=O)[O-])c1. The molecule has 6 nitrogen and oxygen atoms in total. The van der Waals surface area contributed by atoms with E-state index in [9.17, 15) is 14.9 Å². The van der Waals surface area contributed by atoms with E-state index in [0.717, 1.165) is 0 Å². The largest absolute Gasteiger partial charge is 0.277 e. The van der Waals surface area contributed by atoms with Crippen LogP contribution in [-0.4, -0.2) is 17.5 Å². The molecule has 0 saturated heterocycles. The van der Waals surface area contributed by atoms with Crippen molar-refractivity contribution in [1.29, 1.82) is 0 Å². The first kappa shape index (κ1) is 9.85. The zero-order valence-electron chi connectivity index (χ0n) is 7.08. The molecule has 0 unspecified atom stereocenters. The maximum Gasteiger partial charge on any atom is 0.270 e. The minimum absolute atomic E-state index is 0.0138. The van der Waals surface area contributed by atoms with Crippen molar-refractivity contribution in [2.24, 2.45) is 5.10 Å². The topological polar surface area (TPSA) is 84.6 Å². The summed E-state index contributed by atoms with van der Waals surface area (Å²) in [6, 6.07) is 5.92. The van der Waals surface area contributed by atoms with Crippen LogP contribution in [0.5, 0.6) is 0 Å². The van der Waals surface area contributed by atoms with Gasteiger partial charge in [0, 0.05) is 17.7 Å². The van der Waals surface area contributed by atoms with Gasteiger partial charge in [0.05, 0.1) is 11.1 Å². The maximum absolute atomic E-state index is 10.4. The average molecular weight is 193 g/mol. The van der Waals surface area contributed by atoms with Gasteiger partial charge in [0.2, 0.25) is 6.41 Å². The van der Waals surface area contributed by atoms with Crippen LogP contribution in [-0.2, 0) is 4.79 Å². The lowest BCUT2D eigenvalue weighted by atomic mass is 10.2. The zero-order valence-corrected chi connectivity index (χ0v) is 7.08. The molecule has 0 atom stereocenters. The third-order valence-corrected chi connectivity index (χ3v) is 1.42. The molecule has 1 rings (SSSR count). The van der Waals surface area contributed by atoms with E-state index in [-0.39, 0.29) is 5.69 Å². The Bertz CT molecular complexity index is 376. The molecule has 0 aromatic heterocycles. The highest BCUT2D eigenvalue weighted by atomic mass is 16.6. The predicted molar refractivity (Wildman–Crippen MR) is 49.9 cm³/mol. The Balaban J connectivity index is 2.83. The Hall–Kier alpha value is -2.24. The molecule has 0 fully saturated rings. The fourth-order valence-electron chi connectivity index (χ4n) is 0.861. The Kier molecular flexibility index (Phi) is 3.31. The summed E-state index contributed by atoms with van der Waals surface area (Å²) in [5.74, 6) is 0. The van der Waals surface area contributed by atoms with E-state index in [1.54, 1.807) is 12.1 Å². The van der Waals surface area contributed by atoms with Gasteiger partial charge in [0.25, 0.3) is 5.69 Å². The molecule has 0 radical (unpaired) electrons. The van der Waals surface area contributed by atoms with Crippen molar-refractivity contribution in [3.8, 4) is 0 Å². The molecule has 0 spiro atoms. The van der Waals surface area contributed by atoms with Gasteiger partial charge in [-0.2, -0.15) is 5.10 Å². The molecule has 1 N–H and O–H groups in total. The quantitative estimate of drug-likeness (QED) is 0.330. The number of rotatable bonds is 4. The number of non-ortho nitro benzene ring substituents is 1. The van der Waals surface area contributed by atoms with Crippen molar-refractivity contribution in [2.45, 2.75) is 0 Å². The van der Waals surface area contributed by atoms with Gasteiger partial charge in [0.15, 0.2) is 0 Å². The van der Waals surface area contributed by atoms with Crippen LogP contribution in [0.3, 0.4) is 0 Å². The van der Waals surface area contributed by atoms with Crippen molar-refractivity contribution in [3.63, 3.8) is 0 Å². The number of hydrazone groups is 1. The fourth-order valence-corrected chi connectivity index (χ4v) is 0.861. The summed E-state index contributed by atoms with van der Waals surface area (Å²) < 4.78 is 0. The molecule has 0 aliphatic carbocycles. The Morgan fingerprint density at radius 2 is 2.29 bits per heavy atom. The Morgan fingerprint density at radius 1 is 1.50 bits per heavy atom. The third kappa shape index (κ3) is 2.67. The number of nitro benzene ring substituents is 1. The van der Waals surface area contributed by atoms with Gasteiger partial charge >= 0.3 is 0 Å². The maximum atomic E-state index is 10.4. The van der Waals surface area contributed by atoms with E-state index in [0.29, 0.717) is 12.0 Å². The molecule has 1 amide bonds. The van der Waals surface area contributed by atoms with E-state index in [4.69, 9.17) is 0 Å². The van der Waals surface area contributed by atoms with Gasteiger partial charge in [-0.3, -0.25) is 14.9 Å². The number of benzene rings is 1. The number of amides is 1. The summed E-state index contributed by atoms with van der Waals surface area (Å²) in [6.07, 6.45) is 1.73. The van der Waals surface area contributed by atoms with Gasteiger partial charge in [0.1, 0.15) is 0 Å². The normalized spacial score (nSPS) is 10.0. The highest BCUT2D eigenvalue weighted by molar-refractivity contribution is 5.80. The van der Waals surface area contributed by atoms with E-state index in [1.165, 1.54) is 18.3 Å². The summed E-state index contributed by atoms with van der Waals surface area (Å²) in [6.45, 7) is 0. The number of nitrogens with one attached hydrogen (secondary N) is 1. The van der Waals surface area contributed by atoms with Gasteiger partial charge < -0.3 is 0 Å². The third-order valence-electron chi connectivity index (χ3n) is 1.42. The molecular formula is C8H7N3O3. The second-order valence-electron chi connectivity index (χ2n) is 2.36. The predicted octanol–water partition coefficient (Wildman–Crippen LogP) is 0.675. The summed E-state index contributed by atoms with van der Waals surface area (Å²) in [5, 5.41) is 13.9. The molecule has 1 aromatic rings. The standard InChI is InChI=1S/C8H7N3O3/c12-6-10-9-5-7-2-1-3-8(4-7)11(13)14/h1-6H,(H,10,12)/b9-5-. The van der Waals surface area contributed by atoms with E-state index < -0.39 is 4.92 Å². The first-order valence-electron chi connectivity index (χ1n) is 3.70. The number of carbonyl (C=O) groups is 1. The van der Waals surface area contributed by atoms with Crippen molar-refractivity contribution >= 4 is 18.3 Å². The van der Waals surface area contributed by atoms with Crippen LogP contribution in [0.2, 0.25) is 0 Å². The van der Waals surface area contributed by atoms with Gasteiger partial charge in [-0.1, -0.05) is 12.1 Å². The van der Waals surface area contributed by atoms with Crippen LogP contribution in [0, 0.1) is 10.1 Å². The first-order chi connectivity index (χ1) is 6.74. The Labute approximate surface area is 79.4 Å². The van der Waals surface area contributed by atoms with Crippen LogP contribution in [0.4, 0.5) is 5.69 Å². The first-order valence-corrected chi connectivity index (χ1v) is 3.70. The lowest BCUT2D eigenvalue weighted by Gasteiger charge is -1.92. The molecule has 0 saturated carbocycles. The molecule has 0 bridgehead atoms. The minimum atomic E-state index is -0.496. The summed E-state index contributed by atoms with van der Waals surface area (Å²) in [7, 11) is 0. The highest BCUT2D eigenvalue weighted by Crippen LogP contribution is 2.11. The monoisotopic (exact) mass is 193 g/mol. The number of nitrogens with zero attached hydrogens (tertiary/aromatic N) is 2.